The topological polar surface area (TPSA) is 81.9 Å². The maximum atomic E-state index is 14.3. The van der Waals surface area contributed by atoms with Gasteiger partial charge in [-0.3, -0.25) is 0 Å². The van der Waals surface area contributed by atoms with Gasteiger partial charge < -0.3 is 15.2 Å². The molecular weight excluding hydrogens is 359 g/mol. The quantitative estimate of drug-likeness (QED) is 0.702. The molecule has 0 aliphatic carbocycles. The van der Waals surface area contributed by atoms with Crippen LogP contribution >= 0.6 is 0 Å². The number of benzene rings is 1. The Morgan fingerprint density at radius 3 is 2.73 bits per heavy atom. The molecule has 0 amide bonds. The van der Waals surface area contributed by atoms with Crippen molar-refractivity contribution < 1.29 is 22.3 Å². The third-order valence-electron chi connectivity index (χ3n) is 4.74. The van der Waals surface area contributed by atoms with Crippen molar-refractivity contribution in [2.45, 2.75) is 37.6 Å². The highest BCUT2D eigenvalue weighted by Crippen LogP contribution is 2.24. The minimum atomic E-state index is -3.77. The highest BCUT2D eigenvalue weighted by atomic mass is 32.2. The van der Waals surface area contributed by atoms with Gasteiger partial charge in [-0.25, -0.2) is 17.1 Å². The lowest BCUT2D eigenvalue weighted by molar-refractivity contribution is 0.165. The molecule has 1 aromatic carbocycles. The van der Waals surface area contributed by atoms with Crippen molar-refractivity contribution in [3.8, 4) is 5.75 Å². The summed E-state index contributed by atoms with van der Waals surface area (Å²) >= 11 is 0. The fourth-order valence-electron chi connectivity index (χ4n) is 2.65. The Kier molecular flexibility index (Phi) is 7.40. The van der Waals surface area contributed by atoms with Crippen LogP contribution in [0.5, 0.6) is 5.75 Å². The first-order chi connectivity index (χ1) is 12.2. The second kappa shape index (κ2) is 9.12. The second-order valence-electron chi connectivity index (χ2n) is 7.16. The van der Waals surface area contributed by atoms with Crippen LogP contribution in [0, 0.1) is 17.7 Å². The van der Waals surface area contributed by atoms with Crippen molar-refractivity contribution in [1.29, 1.82) is 0 Å². The Morgan fingerprint density at radius 1 is 1.42 bits per heavy atom. The number of sulfonamides is 1. The first kappa shape index (κ1) is 21.1. The summed E-state index contributed by atoms with van der Waals surface area (Å²) < 4.78 is 51.4. The van der Waals surface area contributed by atoms with Crippen LogP contribution in [0.2, 0.25) is 0 Å². The standard InChI is InChI=1S/C18H29FN2O4S/c1-13(2)17(20)6-8-21(3)26(22,23)15-4-5-18(16(19)10-15)25-12-14-7-9-24-11-14/h4-5,10,13-14,17H,6-9,11-12,20H2,1-3H3. The minimum Gasteiger partial charge on any atom is -0.490 e. The molecule has 1 fully saturated rings. The molecule has 0 radical (unpaired) electrons. The first-order valence-electron chi connectivity index (χ1n) is 8.93. The van der Waals surface area contributed by atoms with E-state index in [1.807, 2.05) is 13.8 Å². The summed E-state index contributed by atoms with van der Waals surface area (Å²) in [7, 11) is -2.29. The van der Waals surface area contributed by atoms with E-state index in [9.17, 15) is 12.8 Å². The maximum Gasteiger partial charge on any atom is 0.242 e. The van der Waals surface area contributed by atoms with Crippen molar-refractivity contribution in [1.82, 2.24) is 4.31 Å². The summed E-state index contributed by atoms with van der Waals surface area (Å²) in [4.78, 5) is -0.0906. The Hall–Kier alpha value is -1.22. The lowest BCUT2D eigenvalue weighted by Gasteiger charge is -2.21. The molecule has 0 saturated carbocycles. The van der Waals surface area contributed by atoms with Gasteiger partial charge in [0.05, 0.1) is 18.1 Å². The molecule has 1 aromatic rings. The van der Waals surface area contributed by atoms with Gasteiger partial charge in [0.25, 0.3) is 0 Å². The van der Waals surface area contributed by atoms with Crippen molar-refractivity contribution in [2.24, 2.45) is 17.6 Å². The number of hydrogen-bond acceptors (Lipinski definition) is 5. The molecule has 6 nitrogen and oxygen atoms in total. The van der Waals surface area contributed by atoms with Gasteiger partial charge in [0.2, 0.25) is 10.0 Å². The summed E-state index contributed by atoms with van der Waals surface area (Å²) in [6, 6.07) is 3.66. The molecule has 1 heterocycles. The number of nitrogens with zero attached hydrogens (tertiary/aromatic N) is 1. The Bertz CT molecular complexity index is 690. The predicted molar refractivity (Wildman–Crippen MR) is 98.1 cm³/mol. The number of rotatable bonds is 9. The van der Waals surface area contributed by atoms with E-state index < -0.39 is 15.8 Å². The van der Waals surface area contributed by atoms with Crippen LogP contribution in [0.4, 0.5) is 4.39 Å². The average molecular weight is 389 g/mol. The van der Waals surface area contributed by atoms with Gasteiger partial charge in [-0.05, 0) is 37.0 Å². The molecular formula is C18H29FN2O4S. The third kappa shape index (κ3) is 5.39. The van der Waals surface area contributed by atoms with Crippen LogP contribution in [0.25, 0.3) is 0 Å². The molecule has 2 rings (SSSR count). The van der Waals surface area contributed by atoms with E-state index in [1.165, 1.54) is 23.5 Å². The number of nitrogens with two attached hydrogens (primary N) is 1. The number of ether oxygens (including phenoxy) is 2. The Morgan fingerprint density at radius 2 is 2.15 bits per heavy atom. The highest BCUT2D eigenvalue weighted by molar-refractivity contribution is 7.89. The fourth-order valence-corrected chi connectivity index (χ4v) is 3.84. The summed E-state index contributed by atoms with van der Waals surface area (Å²) in [5.74, 6) is -0.114. The normalized spacial score (nSPS) is 19.3. The second-order valence-corrected chi connectivity index (χ2v) is 9.20. The van der Waals surface area contributed by atoms with Gasteiger partial charge in [0.15, 0.2) is 11.6 Å². The predicted octanol–water partition coefficient (Wildman–Crippen LogP) is 2.23. The van der Waals surface area contributed by atoms with Gasteiger partial charge >= 0.3 is 0 Å². The van der Waals surface area contributed by atoms with E-state index in [4.69, 9.17) is 15.2 Å². The molecule has 0 aromatic heterocycles. The number of halogens is 1. The monoisotopic (exact) mass is 388 g/mol. The minimum absolute atomic E-state index is 0.0559. The molecule has 0 spiro atoms. The zero-order chi connectivity index (χ0) is 19.3. The molecule has 8 heteroatoms. The van der Waals surface area contributed by atoms with E-state index in [1.54, 1.807) is 0 Å². The van der Waals surface area contributed by atoms with Crippen LogP contribution in [-0.2, 0) is 14.8 Å². The molecule has 2 unspecified atom stereocenters. The van der Waals surface area contributed by atoms with Gasteiger partial charge in [-0.1, -0.05) is 13.8 Å². The highest BCUT2D eigenvalue weighted by Gasteiger charge is 2.24. The summed E-state index contributed by atoms with van der Waals surface area (Å²) in [5.41, 5.74) is 5.97. The molecule has 1 saturated heterocycles. The van der Waals surface area contributed by atoms with E-state index in [2.05, 4.69) is 0 Å². The molecule has 1 aliphatic heterocycles. The van der Waals surface area contributed by atoms with Crippen molar-refractivity contribution in [3.05, 3.63) is 24.0 Å². The van der Waals surface area contributed by atoms with Crippen LogP contribution in [0.15, 0.2) is 23.1 Å². The molecule has 148 valence electrons. The van der Waals surface area contributed by atoms with E-state index in [0.29, 0.717) is 26.2 Å². The molecule has 26 heavy (non-hydrogen) atoms. The number of hydrogen-bond donors (Lipinski definition) is 1. The zero-order valence-electron chi connectivity index (χ0n) is 15.7. The lowest BCUT2D eigenvalue weighted by atomic mass is 10.0. The van der Waals surface area contributed by atoms with Crippen LogP contribution in [0.3, 0.4) is 0 Å². The van der Waals surface area contributed by atoms with Gasteiger partial charge in [0.1, 0.15) is 0 Å². The summed E-state index contributed by atoms with van der Waals surface area (Å²) in [5, 5.41) is 0. The molecule has 0 bridgehead atoms. The van der Waals surface area contributed by atoms with E-state index in [0.717, 1.165) is 12.5 Å². The summed E-state index contributed by atoms with van der Waals surface area (Å²) in [6.07, 6.45) is 1.43. The van der Waals surface area contributed by atoms with Crippen molar-refractivity contribution >= 4 is 10.0 Å². The maximum absolute atomic E-state index is 14.3. The molecule has 2 N–H and O–H groups in total. The first-order valence-corrected chi connectivity index (χ1v) is 10.4. The largest absolute Gasteiger partial charge is 0.490 e. The van der Waals surface area contributed by atoms with E-state index in [-0.39, 0.29) is 35.1 Å². The average Bonchev–Trinajstić information content (AvgIpc) is 3.11. The van der Waals surface area contributed by atoms with Crippen molar-refractivity contribution in [3.63, 3.8) is 0 Å². The van der Waals surface area contributed by atoms with Gasteiger partial charge in [-0.2, -0.15) is 0 Å². The third-order valence-corrected chi connectivity index (χ3v) is 6.60. The van der Waals surface area contributed by atoms with Crippen LogP contribution in [-0.4, -0.2) is 52.2 Å². The molecule has 1 aliphatic rings. The van der Waals surface area contributed by atoms with E-state index >= 15 is 0 Å². The zero-order valence-corrected chi connectivity index (χ0v) is 16.5. The molecule has 2 atom stereocenters. The van der Waals surface area contributed by atoms with Gasteiger partial charge in [-0.15, -0.1) is 0 Å². The van der Waals surface area contributed by atoms with Crippen LogP contribution in [0.1, 0.15) is 26.7 Å². The Labute approximate surface area is 155 Å². The fraction of sp³-hybridized carbons (Fsp3) is 0.667. The SMILES string of the molecule is CC(C)C(N)CCN(C)S(=O)(=O)c1ccc(OCC2CCOC2)c(F)c1. The van der Waals surface area contributed by atoms with Crippen molar-refractivity contribution in [2.75, 3.05) is 33.4 Å². The smallest absolute Gasteiger partial charge is 0.242 e. The van der Waals surface area contributed by atoms with Crippen LogP contribution < -0.4 is 10.5 Å². The van der Waals surface area contributed by atoms with Gasteiger partial charge in [0, 0.05) is 32.2 Å². The summed E-state index contributed by atoms with van der Waals surface area (Å²) in [6.45, 7) is 5.92. The lowest BCUT2D eigenvalue weighted by Crippen LogP contribution is -2.34. The Balaban J connectivity index is 2.00.